The van der Waals surface area contributed by atoms with Crippen molar-refractivity contribution in [1.29, 1.82) is 0 Å². The minimum atomic E-state index is -3.29. The van der Waals surface area contributed by atoms with E-state index in [4.69, 9.17) is 4.98 Å². The van der Waals surface area contributed by atoms with Crippen molar-refractivity contribution in [3.8, 4) is 11.4 Å². The van der Waals surface area contributed by atoms with Crippen LogP contribution in [0.4, 0.5) is 0 Å². The Bertz CT molecular complexity index is 1090. The number of hydrogen-bond donors (Lipinski definition) is 2. The summed E-state index contributed by atoms with van der Waals surface area (Å²) in [6, 6.07) is 9.82. The number of sulfonamides is 1. The Hall–Kier alpha value is -2.56. The van der Waals surface area contributed by atoms with Crippen LogP contribution in [0.2, 0.25) is 0 Å². The van der Waals surface area contributed by atoms with Gasteiger partial charge in [-0.25, -0.2) is 18.1 Å². The summed E-state index contributed by atoms with van der Waals surface area (Å²) in [5.74, 6) is 1.38. The summed E-state index contributed by atoms with van der Waals surface area (Å²) in [6.45, 7) is 5.41. The molecular weight excluding hydrogens is 402 g/mol. The molecule has 3 heterocycles. The van der Waals surface area contributed by atoms with Crippen LogP contribution in [0.15, 0.2) is 42.7 Å². The Kier molecular flexibility index (Phi) is 5.72. The molecule has 0 radical (unpaired) electrons. The molecular formula is C20H27N7O2S. The molecule has 4 rings (SSSR count). The van der Waals surface area contributed by atoms with E-state index in [1.54, 1.807) is 0 Å². The highest BCUT2D eigenvalue weighted by atomic mass is 32.2. The number of aromatic nitrogens is 5. The normalized spacial score (nSPS) is 20.3. The molecule has 0 amide bonds. The van der Waals surface area contributed by atoms with E-state index in [-0.39, 0.29) is 18.1 Å². The third kappa shape index (κ3) is 4.77. The van der Waals surface area contributed by atoms with Gasteiger partial charge in [0.05, 0.1) is 18.5 Å². The number of likely N-dealkylation sites (tertiary alicyclic amines) is 1. The van der Waals surface area contributed by atoms with Crippen LogP contribution in [0.3, 0.4) is 0 Å². The van der Waals surface area contributed by atoms with Gasteiger partial charge in [0.15, 0.2) is 5.82 Å². The van der Waals surface area contributed by atoms with Crippen LogP contribution in [-0.4, -0.2) is 57.1 Å². The van der Waals surface area contributed by atoms with Crippen molar-refractivity contribution in [3.63, 3.8) is 0 Å². The molecule has 0 spiro atoms. The van der Waals surface area contributed by atoms with Gasteiger partial charge in [0.2, 0.25) is 10.0 Å². The second kappa shape index (κ2) is 8.29. The van der Waals surface area contributed by atoms with Crippen LogP contribution >= 0.6 is 0 Å². The number of H-pyrrole nitrogens is 1. The Balaban J connectivity index is 1.58. The Morgan fingerprint density at radius 2 is 2.03 bits per heavy atom. The van der Waals surface area contributed by atoms with Crippen LogP contribution in [0.1, 0.15) is 43.7 Å². The van der Waals surface area contributed by atoms with Crippen molar-refractivity contribution in [2.24, 2.45) is 0 Å². The number of hydrogen-bond acceptors (Lipinski definition) is 6. The van der Waals surface area contributed by atoms with E-state index < -0.39 is 10.0 Å². The molecule has 2 atom stereocenters. The second-order valence-corrected chi connectivity index (χ2v) is 9.88. The third-order valence-electron chi connectivity index (χ3n) is 5.20. The molecule has 1 fully saturated rings. The number of nitrogens with one attached hydrogen (secondary N) is 2. The third-order valence-corrected chi connectivity index (χ3v) is 5.97. The summed E-state index contributed by atoms with van der Waals surface area (Å²) in [4.78, 5) is 6.93. The summed E-state index contributed by atoms with van der Waals surface area (Å²) in [5, 5.41) is 11.9. The average molecular weight is 430 g/mol. The van der Waals surface area contributed by atoms with E-state index in [1.807, 2.05) is 47.4 Å². The van der Waals surface area contributed by atoms with Crippen molar-refractivity contribution in [3.05, 3.63) is 54.1 Å². The highest BCUT2D eigenvalue weighted by Gasteiger charge is 2.36. The molecule has 0 bridgehead atoms. The molecule has 0 unspecified atom stereocenters. The van der Waals surface area contributed by atoms with E-state index in [0.29, 0.717) is 25.3 Å². The number of rotatable bonds is 7. The SMILES string of the molecule is CC(C)n1cc(CN2C[C@@H](NS(C)(=O)=O)C[C@H]2c2nc(-c3ccccc3)n[nH]2)cn1. The van der Waals surface area contributed by atoms with Gasteiger partial charge in [0.25, 0.3) is 0 Å². The van der Waals surface area contributed by atoms with Gasteiger partial charge in [0, 0.05) is 42.5 Å². The van der Waals surface area contributed by atoms with Crippen LogP contribution in [0, 0.1) is 0 Å². The van der Waals surface area contributed by atoms with E-state index in [0.717, 1.165) is 17.0 Å². The topological polar surface area (TPSA) is 109 Å². The van der Waals surface area contributed by atoms with Crippen LogP contribution in [-0.2, 0) is 16.6 Å². The van der Waals surface area contributed by atoms with Crippen molar-refractivity contribution in [2.45, 2.75) is 44.9 Å². The smallest absolute Gasteiger partial charge is 0.208 e. The number of nitrogens with zero attached hydrogens (tertiary/aromatic N) is 5. The molecule has 1 aliphatic heterocycles. The maximum atomic E-state index is 11.8. The first kappa shape index (κ1) is 20.7. The molecule has 2 aromatic heterocycles. The summed E-state index contributed by atoms with van der Waals surface area (Å²) < 4.78 is 28.2. The second-order valence-electron chi connectivity index (χ2n) is 8.10. The van der Waals surface area contributed by atoms with Crippen molar-refractivity contribution in [2.75, 3.05) is 12.8 Å². The monoisotopic (exact) mass is 429 g/mol. The van der Waals surface area contributed by atoms with E-state index in [2.05, 4.69) is 38.8 Å². The molecule has 0 saturated carbocycles. The zero-order chi connectivity index (χ0) is 21.3. The lowest BCUT2D eigenvalue weighted by Crippen LogP contribution is -2.36. The van der Waals surface area contributed by atoms with Gasteiger partial charge in [-0.15, -0.1) is 0 Å². The number of aromatic amines is 1. The van der Waals surface area contributed by atoms with E-state index in [9.17, 15) is 8.42 Å². The van der Waals surface area contributed by atoms with Gasteiger partial charge in [-0.1, -0.05) is 30.3 Å². The minimum Gasteiger partial charge on any atom is -0.287 e. The maximum absolute atomic E-state index is 11.8. The summed E-state index contributed by atoms with van der Waals surface area (Å²) in [6.07, 6.45) is 5.72. The highest BCUT2D eigenvalue weighted by molar-refractivity contribution is 7.88. The first-order valence-corrected chi connectivity index (χ1v) is 11.9. The average Bonchev–Trinajstić information content (AvgIpc) is 3.41. The Morgan fingerprint density at radius 1 is 1.27 bits per heavy atom. The lowest BCUT2D eigenvalue weighted by Gasteiger charge is -2.21. The van der Waals surface area contributed by atoms with Crippen LogP contribution in [0.5, 0.6) is 0 Å². The van der Waals surface area contributed by atoms with Crippen molar-refractivity contribution < 1.29 is 8.42 Å². The fourth-order valence-corrected chi connectivity index (χ4v) is 4.64. The molecule has 1 saturated heterocycles. The fourth-order valence-electron chi connectivity index (χ4n) is 3.87. The molecule has 30 heavy (non-hydrogen) atoms. The maximum Gasteiger partial charge on any atom is 0.208 e. The predicted molar refractivity (Wildman–Crippen MR) is 114 cm³/mol. The molecule has 1 aliphatic rings. The molecule has 3 aromatic rings. The zero-order valence-corrected chi connectivity index (χ0v) is 18.2. The van der Waals surface area contributed by atoms with Gasteiger partial charge in [-0.3, -0.25) is 14.7 Å². The molecule has 2 N–H and O–H groups in total. The van der Waals surface area contributed by atoms with Gasteiger partial charge < -0.3 is 0 Å². The summed E-state index contributed by atoms with van der Waals surface area (Å²) in [7, 11) is -3.29. The van der Waals surface area contributed by atoms with E-state index >= 15 is 0 Å². The first-order valence-electron chi connectivity index (χ1n) is 10.0. The van der Waals surface area contributed by atoms with Gasteiger partial charge >= 0.3 is 0 Å². The number of benzene rings is 1. The quantitative estimate of drug-likeness (QED) is 0.595. The predicted octanol–water partition coefficient (Wildman–Crippen LogP) is 2.11. The van der Waals surface area contributed by atoms with E-state index in [1.165, 1.54) is 6.26 Å². The molecule has 1 aromatic carbocycles. The fraction of sp³-hybridized carbons (Fsp3) is 0.450. The largest absolute Gasteiger partial charge is 0.287 e. The minimum absolute atomic E-state index is 0.0726. The Morgan fingerprint density at radius 3 is 2.70 bits per heavy atom. The van der Waals surface area contributed by atoms with Crippen molar-refractivity contribution >= 4 is 10.0 Å². The van der Waals surface area contributed by atoms with Crippen LogP contribution in [0.25, 0.3) is 11.4 Å². The summed E-state index contributed by atoms with van der Waals surface area (Å²) in [5.41, 5.74) is 2.02. The standard InChI is InChI=1S/C20H27N7O2S/c1-14(2)27-12-15(10-21-27)11-26-13-17(25-30(3,28)29)9-18(26)20-22-19(23-24-20)16-7-5-4-6-8-16/h4-8,10,12,14,17-18,25H,9,11,13H2,1-3H3,(H,22,23,24)/t17-,18-/m0/s1. The lowest BCUT2D eigenvalue weighted by atomic mass is 10.1. The molecule has 160 valence electrons. The molecule has 9 nitrogen and oxygen atoms in total. The molecule has 10 heteroatoms. The zero-order valence-electron chi connectivity index (χ0n) is 17.4. The highest BCUT2D eigenvalue weighted by Crippen LogP contribution is 2.32. The van der Waals surface area contributed by atoms with Crippen LogP contribution < -0.4 is 4.72 Å². The lowest BCUT2D eigenvalue weighted by molar-refractivity contribution is 0.238. The Labute approximate surface area is 176 Å². The summed E-state index contributed by atoms with van der Waals surface area (Å²) >= 11 is 0. The molecule has 0 aliphatic carbocycles. The first-order chi connectivity index (χ1) is 14.3. The van der Waals surface area contributed by atoms with Crippen molar-refractivity contribution in [1.82, 2.24) is 34.6 Å². The van der Waals surface area contributed by atoms with Gasteiger partial charge in [-0.2, -0.15) is 10.2 Å². The van der Waals surface area contributed by atoms with Gasteiger partial charge in [-0.05, 0) is 20.3 Å². The van der Waals surface area contributed by atoms with Gasteiger partial charge in [0.1, 0.15) is 5.82 Å².